The number of likely N-dealkylation sites (tertiary alicyclic amines) is 1. The molecular weight excluding hydrogens is 202 g/mol. The van der Waals surface area contributed by atoms with Crippen molar-refractivity contribution in [3.05, 3.63) is 0 Å². The van der Waals surface area contributed by atoms with E-state index in [9.17, 15) is 9.90 Å². The van der Waals surface area contributed by atoms with Gasteiger partial charge in [0.05, 0.1) is 5.41 Å². The molecule has 94 valence electrons. The van der Waals surface area contributed by atoms with Crippen LogP contribution >= 0.6 is 0 Å². The highest BCUT2D eigenvalue weighted by Gasteiger charge is 2.44. The van der Waals surface area contributed by atoms with Gasteiger partial charge >= 0.3 is 5.97 Å². The minimum atomic E-state index is -0.606. The van der Waals surface area contributed by atoms with Crippen LogP contribution in [0.5, 0.6) is 0 Å². The van der Waals surface area contributed by atoms with E-state index in [0.29, 0.717) is 0 Å². The van der Waals surface area contributed by atoms with Gasteiger partial charge in [0.1, 0.15) is 0 Å². The number of aliphatic carboxylic acids is 1. The van der Waals surface area contributed by atoms with Gasteiger partial charge in [0.25, 0.3) is 0 Å². The van der Waals surface area contributed by atoms with Gasteiger partial charge in [0.2, 0.25) is 0 Å². The third-order valence-electron chi connectivity index (χ3n) is 3.31. The van der Waals surface area contributed by atoms with Gasteiger partial charge in [-0.3, -0.25) is 4.79 Å². The molecule has 0 aliphatic carbocycles. The molecule has 0 saturated carbocycles. The SMILES string of the molecule is CCCC1(C(=O)O)CCN(CC(C)(C)C)C1. The number of hydrogen-bond acceptors (Lipinski definition) is 2. The van der Waals surface area contributed by atoms with Crippen LogP contribution in [0.4, 0.5) is 0 Å². The summed E-state index contributed by atoms with van der Waals surface area (Å²) < 4.78 is 0. The summed E-state index contributed by atoms with van der Waals surface area (Å²) in [4.78, 5) is 13.7. The minimum Gasteiger partial charge on any atom is -0.481 e. The van der Waals surface area contributed by atoms with Crippen LogP contribution in [-0.2, 0) is 4.79 Å². The van der Waals surface area contributed by atoms with E-state index in [1.165, 1.54) is 0 Å². The predicted molar refractivity (Wildman–Crippen MR) is 65.5 cm³/mol. The number of carboxylic acids is 1. The first kappa shape index (κ1) is 13.5. The number of carbonyl (C=O) groups is 1. The minimum absolute atomic E-state index is 0.251. The van der Waals surface area contributed by atoms with Crippen molar-refractivity contribution < 1.29 is 9.90 Å². The smallest absolute Gasteiger partial charge is 0.310 e. The lowest BCUT2D eigenvalue weighted by Gasteiger charge is -2.28. The van der Waals surface area contributed by atoms with Crippen molar-refractivity contribution in [3.63, 3.8) is 0 Å². The summed E-state index contributed by atoms with van der Waals surface area (Å²) in [6, 6.07) is 0. The Balaban J connectivity index is 2.64. The summed E-state index contributed by atoms with van der Waals surface area (Å²) >= 11 is 0. The second-order valence-electron chi connectivity index (χ2n) is 6.36. The van der Waals surface area contributed by atoms with E-state index in [1.807, 2.05) is 0 Å². The summed E-state index contributed by atoms with van der Waals surface area (Å²) in [5.41, 5.74) is -0.221. The Labute approximate surface area is 98.8 Å². The molecule has 1 heterocycles. The highest BCUT2D eigenvalue weighted by molar-refractivity contribution is 5.75. The molecule has 1 saturated heterocycles. The number of hydrogen-bond donors (Lipinski definition) is 1. The van der Waals surface area contributed by atoms with Gasteiger partial charge in [-0.1, -0.05) is 34.1 Å². The van der Waals surface area contributed by atoms with Crippen molar-refractivity contribution >= 4 is 5.97 Å². The average molecular weight is 227 g/mol. The Morgan fingerprint density at radius 1 is 1.44 bits per heavy atom. The van der Waals surface area contributed by atoms with Crippen LogP contribution in [0.3, 0.4) is 0 Å². The van der Waals surface area contributed by atoms with Crippen LogP contribution < -0.4 is 0 Å². The molecule has 1 rings (SSSR count). The lowest BCUT2D eigenvalue weighted by Crippen LogP contribution is -2.37. The number of carboxylic acid groups (broad SMARTS) is 1. The van der Waals surface area contributed by atoms with Crippen molar-refractivity contribution in [2.24, 2.45) is 10.8 Å². The monoisotopic (exact) mass is 227 g/mol. The normalized spacial score (nSPS) is 27.2. The second-order valence-corrected chi connectivity index (χ2v) is 6.36. The molecule has 3 heteroatoms. The van der Waals surface area contributed by atoms with Crippen LogP contribution in [-0.4, -0.2) is 35.6 Å². The summed E-state index contributed by atoms with van der Waals surface area (Å²) in [6.07, 6.45) is 2.57. The largest absolute Gasteiger partial charge is 0.481 e. The van der Waals surface area contributed by atoms with E-state index >= 15 is 0 Å². The molecule has 1 N–H and O–H groups in total. The zero-order valence-corrected chi connectivity index (χ0v) is 11.0. The van der Waals surface area contributed by atoms with Gasteiger partial charge in [0, 0.05) is 13.1 Å². The quantitative estimate of drug-likeness (QED) is 0.802. The van der Waals surface area contributed by atoms with Gasteiger partial charge in [-0.05, 0) is 24.8 Å². The molecule has 16 heavy (non-hydrogen) atoms. The van der Waals surface area contributed by atoms with Crippen LogP contribution in [0.25, 0.3) is 0 Å². The molecule has 0 spiro atoms. The number of rotatable bonds is 4. The topological polar surface area (TPSA) is 40.5 Å². The van der Waals surface area contributed by atoms with Gasteiger partial charge < -0.3 is 10.0 Å². The fourth-order valence-corrected chi connectivity index (χ4v) is 2.73. The second kappa shape index (κ2) is 4.74. The first-order valence-corrected chi connectivity index (χ1v) is 6.25. The molecule has 1 unspecified atom stereocenters. The predicted octanol–water partition coefficient (Wildman–Crippen LogP) is 2.61. The van der Waals surface area contributed by atoms with Crippen LogP contribution in [0.15, 0.2) is 0 Å². The Morgan fingerprint density at radius 3 is 2.50 bits per heavy atom. The molecule has 0 radical (unpaired) electrons. The zero-order valence-electron chi connectivity index (χ0n) is 11.0. The third kappa shape index (κ3) is 3.21. The highest BCUT2D eigenvalue weighted by Crippen LogP contribution is 2.36. The van der Waals surface area contributed by atoms with Crippen LogP contribution in [0.1, 0.15) is 47.0 Å². The van der Waals surface area contributed by atoms with Crippen molar-refractivity contribution in [1.29, 1.82) is 0 Å². The van der Waals surface area contributed by atoms with Crippen LogP contribution in [0.2, 0.25) is 0 Å². The molecule has 1 atom stereocenters. The summed E-state index contributed by atoms with van der Waals surface area (Å²) in [5.74, 6) is -0.606. The van der Waals surface area contributed by atoms with E-state index in [1.54, 1.807) is 0 Å². The molecule has 0 amide bonds. The van der Waals surface area contributed by atoms with Gasteiger partial charge in [0.15, 0.2) is 0 Å². The molecule has 3 nitrogen and oxygen atoms in total. The van der Waals surface area contributed by atoms with Crippen molar-refractivity contribution in [2.45, 2.75) is 47.0 Å². The Bertz CT molecular complexity index is 257. The van der Waals surface area contributed by atoms with Crippen molar-refractivity contribution in [2.75, 3.05) is 19.6 Å². The zero-order chi connectivity index (χ0) is 12.4. The third-order valence-corrected chi connectivity index (χ3v) is 3.31. The average Bonchev–Trinajstić information content (AvgIpc) is 2.47. The molecule has 1 aliphatic heterocycles. The molecular formula is C13H25NO2. The van der Waals surface area contributed by atoms with Gasteiger partial charge in [-0.25, -0.2) is 0 Å². The Morgan fingerprint density at radius 2 is 2.06 bits per heavy atom. The first-order valence-electron chi connectivity index (χ1n) is 6.25. The number of nitrogens with zero attached hydrogens (tertiary/aromatic N) is 1. The first-order chi connectivity index (χ1) is 7.29. The van der Waals surface area contributed by atoms with E-state index in [4.69, 9.17) is 0 Å². The van der Waals surface area contributed by atoms with E-state index in [2.05, 4.69) is 32.6 Å². The summed E-state index contributed by atoms with van der Waals surface area (Å²) in [5, 5.41) is 9.38. The summed E-state index contributed by atoms with van der Waals surface area (Å²) in [6.45, 7) is 11.3. The Kier molecular flexibility index (Phi) is 4.00. The van der Waals surface area contributed by atoms with E-state index < -0.39 is 11.4 Å². The Hall–Kier alpha value is -0.570. The lowest BCUT2D eigenvalue weighted by molar-refractivity contribution is -0.148. The molecule has 0 bridgehead atoms. The lowest BCUT2D eigenvalue weighted by atomic mass is 9.82. The molecule has 1 aliphatic rings. The van der Waals surface area contributed by atoms with Gasteiger partial charge in [-0.2, -0.15) is 0 Å². The maximum Gasteiger partial charge on any atom is 0.310 e. The van der Waals surface area contributed by atoms with E-state index in [0.717, 1.165) is 38.9 Å². The van der Waals surface area contributed by atoms with Gasteiger partial charge in [-0.15, -0.1) is 0 Å². The van der Waals surface area contributed by atoms with Crippen molar-refractivity contribution in [3.8, 4) is 0 Å². The molecule has 0 aromatic heterocycles. The van der Waals surface area contributed by atoms with Crippen molar-refractivity contribution in [1.82, 2.24) is 4.90 Å². The standard InChI is InChI=1S/C13H25NO2/c1-5-6-13(11(15)16)7-8-14(10-13)9-12(2,3)4/h5-10H2,1-4H3,(H,15,16). The highest BCUT2D eigenvalue weighted by atomic mass is 16.4. The maximum atomic E-state index is 11.4. The fourth-order valence-electron chi connectivity index (χ4n) is 2.73. The molecule has 0 aromatic carbocycles. The summed E-state index contributed by atoms with van der Waals surface area (Å²) in [7, 11) is 0. The van der Waals surface area contributed by atoms with Crippen LogP contribution in [0, 0.1) is 10.8 Å². The molecule has 0 aromatic rings. The molecule has 1 fully saturated rings. The fraction of sp³-hybridized carbons (Fsp3) is 0.923. The van der Waals surface area contributed by atoms with E-state index in [-0.39, 0.29) is 5.41 Å². The maximum absolute atomic E-state index is 11.4.